The van der Waals surface area contributed by atoms with Crippen LogP contribution in [0.1, 0.15) is 11.8 Å². The number of rotatable bonds is 5. The molecule has 1 aromatic carbocycles. The number of nitrogens with zero attached hydrogens (tertiary/aromatic N) is 4. The molecule has 6 nitrogen and oxygen atoms in total. The molecule has 0 aliphatic heterocycles. The van der Waals surface area contributed by atoms with Crippen LogP contribution in [0.4, 0.5) is 11.6 Å². The molecule has 0 radical (unpaired) electrons. The molecule has 3 aromatic heterocycles. The van der Waals surface area contributed by atoms with Gasteiger partial charge in [-0.25, -0.2) is 9.97 Å². The Hall–Kier alpha value is -2.93. The molecular formula is C19H19N5OS. The highest BCUT2D eigenvalue weighted by Gasteiger charge is 2.17. The average molecular weight is 365 g/mol. The van der Waals surface area contributed by atoms with Gasteiger partial charge in [-0.15, -0.1) is 11.3 Å². The number of fused-ring (bicyclic) bond motifs is 1. The molecule has 0 aliphatic rings. The van der Waals surface area contributed by atoms with E-state index in [9.17, 15) is 0 Å². The zero-order valence-electron chi connectivity index (χ0n) is 14.9. The van der Waals surface area contributed by atoms with Gasteiger partial charge in [0.2, 0.25) is 5.95 Å². The Bertz CT molecular complexity index is 1070. The number of aryl methyl sites for hydroxylation is 2. The summed E-state index contributed by atoms with van der Waals surface area (Å²) in [6.45, 7) is 4.97. The molecule has 0 atom stereocenters. The van der Waals surface area contributed by atoms with Gasteiger partial charge in [0, 0.05) is 28.7 Å². The van der Waals surface area contributed by atoms with Crippen LogP contribution >= 0.6 is 11.3 Å². The first-order valence-corrected chi connectivity index (χ1v) is 9.20. The van der Waals surface area contributed by atoms with Gasteiger partial charge in [-0.3, -0.25) is 4.68 Å². The summed E-state index contributed by atoms with van der Waals surface area (Å²) in [5.74, 6) is 1.40. The van der Waals surface area contributed by atoms with Gasteiger partial charge in [0.05, 0.1) is 35.4 Å². The second-order valence-corrected chi connectivity index (χ2v) is 7.11. The molecule has 0 saturated carbocycles. The van der Waals surface area contributed by atoms with Crippen LogP contribution in [0.3, 0.4) is 0 Å². The van der Waals surface area contributed by atoms with Gasteiger partial charge in [-0.2, -0.15) is 5.10 Å². The first kappa shape index (κ1) is 16.5. The predicted octanol–water partition coefficient (Wildman–Crippen LogP) is 4.64. The van der Waals surface area contributed by atoms with Crippen molar-refractivity contribution in [3.8, 4) is 16.9 Å². The lowest BCUT2D eigenvalue weighted by Gasteiger charge is -2.08. The number of nitrogens with one attached hydrogen (secondary N) is 1. The molecule has 0 bridgehead atoms. The van der Waals surface area contributed by atoms with E-state index in [2.05, 4.69) is 28.4 Å². The molecule has 4 rings (SSSR count). The third-order valence-corrected chi connectivity index (χ3v) is 5.23. The van der Waals surface area contributed by atoms with E-state index in [1.54, 1.807) is 24.6 Å². The van der Waals surface area contributed by atoms with Crippen molar-refractivity contribution in [3.05, 3.63) is 47.7 Å². The first-order chi connectivity index (χ1) is 12.7. The lowest BCUT2D eigenvalue weighted by atomic mass is 10.0. The number of hydrogen-bond donors (Lipinski definition) is 1. The fourth-order valence-electron chi connectivity index (χ4n) is 2.97. The Morgan fingerprint density at radius 3 is 2.85 bits per heavy atom. The van der Waals surface area contributed by atoms with Crippen LogP contribution in [-0.2, 0) is 6.54 Å². The van der Waals surface area contributed by atoms with Crippen molar-refractivity contribution in [2.45, 2.75) is 20.4 Å². The van der Waals surface area contributed by atoms with Crippen LogP contribution < -0.4 is 10.1 Å². The molecule has 0 unspecified atom stereocenters. The quantitative estimate of drug-likeness (QED) is 0.558. The Labute approximate surface area is 155 Å². The molecule has 132 valence electrons. The summed E-state index contributed by atoms with van der Waals surface area (Å²) in [5.41, 5.74) is 3.94. The van der Waals surface area contributed by atoms with E-state index < -0.39 is 0 Å². The minimum atomic E-state index is 0.558. The molecule has 1 N–H and O–H groups in total. The molecule has 0 fully saturated rings. The molecule has 7 heteroatoms. The minimum Gasteiger partial charge on any atom is -0.496 e. The van der Waals surface area contributed by atoms with Crippen LogP contribution in [0.25, 0.3) is 21.3 Å². The maximum absolute atomic E-state index is 5.55. The van der Waals surface area contributed by atoms with Crippen molar-refractivity contribution in [1.82, 2.24) is 19.7 Å². The molecule has 0 spiro atoms. The molecular weight excluding hydrogens is 346 g/mol. The third-order valence-electron chi connectivity index (χ3n) is 4.20. The summed E-state index contributed by atoms with van der Waals surface area (Å²) >= 11 is 1.69. The molecule has 26 heavy (non-hydrogen) atoms. The van der Waals surface area contributed by atoms with Crippen LogP contribution in [0, 0.1) is 6.92 Å². The SMILES string of the molecule is CCn1cc(Nc2ncc3sc(C)c(-c4ccccc4OC)c3n2)cn1. The molecule has 0 aliphatic carbocycles. The number of aromatic nitrogens is 4. The van der Waals surface area contributed by atoms with Gasteiger partial charge < -0.3 is 10.1 Å². The van der Waals surface area contributed by atoms with E-state index in [4.69, 9.17) is 9.72 Å². The number of anilines is 2. The normalized spacial score (nSPS) is 11.0. The van der Waals surface area contributed by atoms with Crippen molar-refractivity contribution in [2.24, 2.45) is 0 Å². The minimum absolute atomic E-state index is 0.558. The number of para-hydroxylation sites is 1. The van der Waals surface area contributed by atoms with E-state index in [0.717, 1.165) is 39.3 Å². The van der Waals surface area contributed by atoms with Gasteiger partial charge in [0.15, 0.2) is 0 Å². The summed E-state index contributed by atoms with van der Waals surface area (Å²) in [4.78, 5) is 10.4. The Kier molecular flexibility index (Phi) is 4.30. The van der Waals surface area contributed by atoms with Crippen molar-refractivity contribution in [2.75, 3.05) is 12.4 Å². The Morgan fingerprint density at radius 1 is 1.23 bits per heavy atom. The zero-order valence-corrected chi connectivity index (χ0v) is 15.7. The fraction of sp³-hybridized carbons (Fsp3) is 0.211. The highest BCUT2D eigenvalue weighted by atomic mass is 32.1. The van der Waals surface area contributed by atoms with Crippen molar-refractivity contribution >= 4 is 33.2 Å². The summed E-state index contributed by atoms with van der Waals surface area (Å²) < 4.78 is 8.46. The van der Waals surface area contributed by atoms with Crippen LogP contribution in [0.2, 0.25) is 0 Å². The number of ether oxygens (including phenoxy) is 1. The van der Waals surface area contributed by atoms with Crippen LogP contribution in [0.15, 0.2) is 42.9 Å². The molecule has 0 amide bonds. The highest BCUT2D eigenvalue weighted by molar-refractivity contribution is 7.19. The summed E-state index contributed by atoms with van der Waals surface area (Å²) in [6, 6.07) is 8.02. The number of benzene rings is 1. The van der Waals surface area contributed by atoms with E-state index in [1.165, 1.54) is 4.88 Å². The van der Waals surface area contributed by atoms with Gasteiger partial charge in [0.1, 0.15) is 5.75 Å². The summed E-state index contributed by atoms with van der Waals surface area (Å²) in [6.07, 6.45) is 5.58. The van der Waals surface area contributed by atoms with Gasteiger partial charge in [-0.05, 0) is 19.9 Å². The first-order valence-electron chi connectivity index (χ1n) is 8.38. The van der Waals surface area contributed by atoms with E-state index >= 15 is 0 Å². The number of thiophene rings is 1. The van der Waals surface area contributed by atoms with E-state index in [1.807, 2.05) is 42.2 Å². The summed E-state index contributed by atoms with van der Waals surface area (Å²) in [7, 11) is 1.69. The third kappa shape index (κ3) is 2.90. The predicted molar refractivity (Wildman–Crippen MR) is 105 cm³/mol. The number of methoxy groups -OCH3 is 1. The largest absolute Gasteiger partial charge is 0.496 e. The molecule has 3 heterocycles. The second kappa shape index (κ2) is 6.76. The molecule has 4 aromatic rings. The van der Waals surface area contributed by atoms with Crippen LogP contribution in [-0.4, -0.2) is 26.9 Å². The van der Waals surface area contributed by atoms with Gasteiger partial charge in [-0.1, -0.05) is 18.2 Å². The Balaban J connectivity index is 1.80. The van der Waals surface area contributed by atoms with Crippen molar-refractivity contribution in [3.63, 3.8) is 0 Å². The molecule has 0 saturated heterocycles. The topological polar surface area (TPSA) is 64.9 Å². The van der Waals surface area contributed by atoms with E-state index in [0.29, 0.717) is 5.95 Å². The van der Waals surface area contributed by atoms with Crippen molar-refractivity contribution in [1.29, 1.82) is 0 Å². The smallest absolute Gasteiger partial charge is 0.227 e. The van der Waals surface area contributed by atoms with E-state index in [-0.39, 0.29) is 0 Å². The lowest BCUT2D eigenvalue weighted by Crippen LogP contribution is -1.97. The highest BCUT2D eigenvalue weighted by Crippen LogP contribution is 2.41. The monoisotopic (exact) mass is 365 g/mol. The van der Waals surface area contributed by atoms with Crippen LogP contribution in [0.5, 0.6) is 5.75 Å². The number of hydrogen-bond acceptors (Lipinski definition) is 6. The second-order valence-electron chi connectivity index (χ2n) is 5.85. The van der Waals surface area contributed by atoms with Gasteiger partial charge in [0.25, 0.3) is 0 Å². The standard InChI is InChI=1S/C19H19N5OS/c1-4-24-11-13(9-21-24)22-19-20-10-16-18(23-19)17(12(2)26-16)14-7-5-6-8-15(14)25-3/h5-11H,4H2,1-3H3,(H,20,22,23). The maximum Gasteiger partial charge on any atom is 0.227 e. The lowest BCUT2D eigenvalue weighted by molar-refractivity contribution is 0.416. The maximum atomic E-state index is 5.55. The summed E-state index contributed by atoms with van der Waals surface area (Å²) in [5, 5.41) is 7.50. The van der Waals surface area contributed by atoms with Gasteiger partial charge >= 0.3 is 0 Å². The average Bonchev–Trinajstić information content (AvgIpc) is 3.24. The van der Waals surface area contributed by atoms with Crippen molar-refractivity contribution < 1.29 is 4.74 Å². The fourth-order valence-corrected chi connectivity index (χ4v) is 3.95. The zero-order chi connectivity index (χ0) is 18.1. The Morgan fingerprint density at radius 2 is 2.08 bits per heavy atom.